The fourth-order valence-electron chi connectivity index (χ4n) is 4.35. The van der Waals surface area contributed by atoms with Gasteiger partial charge in [0.25, 0.3) is 0 Å². The number of rotatable bonds is 4. The molecule has 197 valence electrons. The van der Waals surface area contributed by atoms with Crippen molar-refractivity contribution in [3.05, 3.63) is 81.4 Å². The quantitative estimate of drug-likeness (QED) is 0.436. The Morgan fingerprint density at radius 2 is 0.829 bits per heavy atom. The van der Waals surface area contributed by atoms with Crippen LogP contribution in [0.3, 0.4) is 0 Å². The van der Waals surface area contributed by atoms with Crippen molar-refractivity contribution >= 4 is 0 Å². The second-order valence-electron chi connectivity index (χ2n) is 11.8. The van der Waals surface area contributed by atoms with Gasteiger partial charge in [-0.15, -0.1) is 26.2 Å². The molecule has 0 aromatic heterocycles. The number of hydrogen-bond acceptors (Lipinski definition) is 2. The van der Waals surface area contributed by atoms with Crippen LogP contribution in [0, 0.1) is 0 Å². The van der Waals surface area contributed by atoms with Gasteiger partial charge in [-0.3, -0.25) is 0 Å². The second-order valence-corrected chi connectivity index (χ2v) is 11.8. The van der Waals surface area contributed by atoms with Crippen molar-refractivity contribution in [3.8, 4) is 0 Å². The van der Waals surface area contributed by atoms with Crippen LogP contribution in [0.5, 0.6) is 0 Å². The largest absolute Gasteiger partial charge is 2.00 e. The van der Waals surface area contributed by atoms with Crippen LogP contribution in [0.15, 0.2) is 48.5 Å². The van der Waals surface area contributed by atoms with E-state index >= 15 is 0 Å². The predicted octanol–water partition coefficient (Wildman–Crippen LogP) is 6.34. The van der Waals surface area contributed by atoms with Gasteiger partial charge in [-0.2, -0.15) is 0 Å². The maximum Gasteiger partial charge on any atom is 2.00 e. The normalized spacial score (nSPS) is 17.8. The number of nitrogens with zero attached hydrogens (tertiary/aromatic N) is 4. The molecule has 1 radical (unpaired) electrons. The minimum atomic E-state index is 0. The van der Waals surface area contributed by atoms with E-state index in [1.165, 1.54) is 22.3 Å². The number of benzene rings is 2. The Kier molecular flexibility index (Phi) is 11.9. The van der Waals surface area contributed by atoms with Gasteiger partial charge in [0.1, 0.15) is 0 Å². The van der Waals surface area contributed by atoms with E-state index in [1.54, 1.807) is 0 Å². The van der Waals surface area contributed by atoms with Crippen molar-refractivity contribution in [2.45, 2.75) is 65.5 Å². The summed E-state index contributed by atoms with van der Waals surface area (Å²) in [6.45, 7) is 23.2. The van der Waals surface area contributed by atoms with Gasteiger partial charge in [0, 0.05) is 13.1 Å². The summed E-state index contributed by atoms with van der Waals surface area (Å²) in [5, 5.41) is 9.73. The molecular formula is C30H46CuN4. The van der Waals surface area contributed by atoms with Crippen molar-refractivity contribution in [3.63, 3.8) is 0 Å². The summed E-state index contributed by atoms with van der Waals surface area (Å²) in [5.41, 5.74) is 5.95. The van der Waals surface area contributed by atoms with E-state index in [4.69, 9.17) is 10.6 Å². The third-order valence-electron chi connectivity index (χ3n) is 6.75. The zero-order valence-electron chi connectivity index (χ0n) is 22.8. The maximum atomic E-state index is 4.87. The van der Waals surface area contributed by atoms with E-state index in [0.717, 1.165) is 65.4 Å². The van der Waals surface area contributed by atoms with E-state index in [2.05, 4.69) is 99.9 Å². The molecule has 1 aliphatic heterocycles. The van der Waals surface area contributed by atoms with Gasteiger partial charge >= 0.3 is 17.1 Å². The topological polar surface area (TPSA) is 34.7 Å². The Morgan fingerprint density at radius 3 is 1.09 bits per heavy atom. The van der Waals surface area contributed by atoms with Crippen LogP contribution in [-0.4, -0.2) is 62.2 Å². The van der Waals surface area contributed by atoms with E-state index in [9.17, 15) is 0 Å². The molecule has 0 atom stereocenters. The Labute approximate surface area is 225 Å². The molecule has 3 rings (SSSR count). The molecule has 4 nitrogen and oxygen atoms in total. The van der Waals surface area contributed by atoms with Gasteiger partial charge < -0.3 is 20.4 Å². The molecule has 1 fully saturated rings. The summed E-state index contributed by atoms with van der Waals surface area (Å²) in [6, 6.07) is 18.3. The van der Waals surface area contributed by atoms with Gasteiger partial charge in [-0.05, 0) is 59.3 Å². The average molecular weight is 527 g/mol. The summed E-state index contributed by atoms with van der Waals surface area (Å²) < 4.78 is 0. The maximum absolute atomic E-state index is 4.87. The van der Waals surface area contributed by atoms with Crippen LogP contribution >= 0.6 is 0 Å². The summed E-state index contributed by atoms with van der Waals surface area (Å²) in [4.78, 5) is 5.02. The molecule has 2 aromatic rings. The molecule has 1 aliphatic rings. The Hall–Kier alpha value is -1.20. The zero-order valence-corrected chi connectivity index (χ0v) is 23.7. The molecule has 2 aromatic carbocycles. The molecule has 0 amide bonds. The van der Waals surface area contributed by atoms with Crippen LogP contribution < -0.4 is 0 Å². The van der Waals surface area contributed by atoms with Crippen molar-refractivity contribution in [2.75, 3.05) is 52.4 Å². The molecule has 1 heterocycles. The minimum absolute atomic E-state index is 0. The van der Waals surface area contributed by atoms with E-state index in [-0.39, 0.29) is 27.9 Å². The van der Waals surface area contributed by atoms with Crippen LogP contribution in [0.2, 0.25) is 0 Å². The van der Waals surface area contributed by atoms with Crippen molar-refractivity contribution in [1.29, 1.82) is 0 Å². The van der Waals surface area contributed by atoms with Crippen LogP contribution in [0.1, 0.15) is 63.8 Å². The summed E-state index contributed by atoms with van der Waals surface area (Å²) in [5.74, 6) is 0. The first-order valence-corrected chi connectivity index (χ1v) is 13.0. The van der Waals surface area contributed by atoms with E-state index in [1.807, 2.05) is 0 Å². The third kappa shape index (κ3) is 10.4. The fourth-order valence-corrected chi connectivity index (χ4v) is 4.35. The molecule has 0 unspecified atom stereocenters. The van der Waals surface area contributed by atoms with Gasteiger partial charge in [-0.25, -0.2) is 0 Å². The zero-order chi connectivity index (χ0) is 24.6. The molecular weight excluding hydrogens is 480 g/mol. The molecule has 1 saturated heterocycles. The average Bonchev–Trinajstić information content (AvgIpc) is 2.76. The van der Waals surface area contributed by atoms with E-state index in [0.29, 0.717) is 0 Å². The fraction of sp³-hybridized carbons (Fsp3) is 0.600. The Balaban J connectivity index is 0.00000432. The smallest absolute Gasteiger partial charge is 0.660 e. The van der Waals surface area contributed by atoms with Crippen LogP contribution in [0.4, 0.5) is 0 Å². The third-order valence-corrected chi connectivity index (χ3v) is 6.75. The molecule has 0 spiro atoms. The Morgan fingerprint density at radius 1 is 0.543 bits per heavy atom. The monoisotopic (exact) mass is 526 g/mol. The second kappa shape index (κ2) is 13.9. The SMILES string of the molecule is CC(C)(C)c1ccc(CN2CC[N-]CCN(Cc3ccc(C(C)(C)C)cc3)CC[N-]CC2)cc1.[64Cu+2]. The molecule has 0 bridgehead atoms. The minimum Gasteiger partial charge on any atom is -0.660 e. The molecule has 0 aliphatic carbocycles. The summed E-state index contributed by atoms with van der Waals surface area (Å²) in [7, 11) is 0. The van der Waals surface area contributed by atoms with Crippen molar-refractivity contribution in [1.82, 2.24) is 9.80 Å². The first kappa shape index (κ1) is 30.0. The van der Waals surface area contributed by atoms with Crippen LogP contribution in [-0.2, 0) is 41.0 Å². The van der Waals surface area contributed by atoms with Gasteiger partial charge in [0.05, 0.1) is 0 Å². The van der Waals surface area contributed by atoms with Gasteiger partial charge in [-0.1, -0.05) is 90.1 Å². The van der Waals surface area contributed by atoms with Crippen molar-refractivity contribution < 1.29 is 17.1 Å². The molecule has 35 heavy (non-hydrogen) atoms. The predicted molar refractivity (Wildman–Crippen MR) is 147 cm³/mol. The van der Waals surface area contributed by atoms with Crippen molar-refractivity contribution in [2.24, 2.45) is 0 Å². The van der Waals surface area contributed by atoms with E-state index < -0.39 is 0 Å². The van der Waals surface area contributed by atoms with Gasteiger partial charge in [0.15, 0.2) is 0 Å². The number of hydrogen-bond donors (Lipinski definition) is 0. The summed E-state index contributed by atoms with van der Waals surface area (Å²) in [6.07, 6.45) is 0. The Bertz CT molecular complexity index is 764. The first-order valence-electron chi connectivity index (χ1n) is 13.0. The molecule has 0 saturated carbocycles. The molecule has 5 heteroatoms. The van der Waals surface area contributed by atoms with Gasteiger partial charge in [0.2, 0.25) is 0 Å². The summed E-state index contributed by atoms with van der Waals surface area (Å²) >= 11 is 0. The molecule has 0 N–H and O–H groups in total. The standard InChI is InChI=1S/C30H46N4.Cu/c1-29(2,3)27-11-7-25(8-12-27)23-33-19-15-31-17-21-34(22-18-32-16-20-33)24-26-9-13-28(14-10-26)30(4,5)6;/h7-14H,15-24H2,1-6H3;/q-2;+2/i;1+0. The first-order chi connectivity index (χ1) is 16.1. The van der Waals surface area contributed by atoms with Crippen LogP contribution in [0.25, 0.3) is 10.6 Å².